The van der Waals surface area contributed by atoms with E-state index in [4.69, 9.17) is 10.5 Å². The Labute approximate surface area is 245 Å². The molecule has 43 heavy (non-hydrogen) atoms. The standard InChI is InChI=1S/C30H31F3N6O4/c31-30(32,33)26-24(25-8-4-5-13-39(25)36-26)19-43-23-11-9-22(10-12-23)27(40)35-20-29(42,28(34)41)38-16-14-37(15-17-38)18-21-6-2-1-3-7-21/h1-13,42H,14-20H2,(H2,34,41)(H,35,40). The van der Waals surface area contributed by atoms with Crippen LogP contribution in [0, 0.1) is 0 Å². The molecular formula is C30H31F3N6O4. The van der Waals surface area contributed by atoms with Crippen LogP contribution in [0.1, 0.15) is 27.2 Å². The van der Waals surface area contributed by atoms with Gasteiger partial charge in [-0.3, -0.25) is 19.4 Å². The van der Waals surface area contributed by atoms with Crippen molar-refractivity contribution in [3.05, 3.63) is 101 Å². The summed E-state index contributed by atoms with van der Waals surface area (Å²) < 4.78 is 47.4. The second-order valence-corrected chi connectivity index (χ2v) is 10.3. The van der Waals surface area contributed by atoms with E-state index in [0.29, 0.717) is 26.2 Å². The molecule has 3 heterocycles. The summed E-state index contributed by atoms with van der Waals surface area (Å²) in [6.07, 6.45) is -3.23. The molecule has 5 rings (SSSR count). The highest BCUT2D eigenvalue weighted by atomic mass is 19.4. The lowest BCUT2D eigenvalue weighted by Gasteiger charge is -2.42. The maximum absolute atomic E-state index is 13.5. The topological polar surface area (TPSA) is 125 Å². The number of carbonyl (C=O) groups excluding carboxylic acids is 2. The van der Waals surface area contributed by atoms with Gasteiger partial charge in [0.2, 0.25) is 5.72 Å². The van der Waals surface area contributed by atoms with Gasteiger partial charge in [0.15, 0.2) is 5.69 Å². The fourth-order valence-electron chi connectivity index (χ4n) is 5.06. The van der Waals surface area contributed by atoms with Crippen molar-refractivity contribution in [2.24, 2.45) is 5.73 Å². The van der Waals surface area contributed by atoms with Crippen LogP contribution in [0.25, 0.3) is 5.52 Å². The average Bonchev–Trinajstić information content (AvgIpc) is 3.39. The molecule has 0 bridgehead atoms. The average molecular weight is 597 g/mol. The number of aromatic nitrogens is 2. The molecule has 0 saturated carbocycles. The summed E-state index contributed by atoms with van der Waals surface area (Å²) in [5.74, 6) is -1.31. The lowest BCUT2D eigenvalue weighted by molar-refractivity contribution is -0.163. The van der Waals surface area contributed by atoms with Gasteiger partial charge in [-0.05, 0) is 42.0 Å². The summed E-state index contributed by atoms with van der Waals surface area (Å²) in [6.45, 7) is 1.86. The van der Waals surface area contributed by atoms with Gasteiger partial charge in [-0.2, -0.15) is 18.3 Å². The Kier molecular flexibility index (Phi) is 8.67. The molecule has 0 radical (unpaired) electrons. The fourth-order valence-corrected chi connectivity index (χ4v) is 5.06. The molecule has 1 unspecified atom stereocenters. The Morgan fingerprint density at radius 3 is 2.28 bits per heavy atom. The maximum atomic E-state index is 13.5. The molecule has 1 saturated heterocycles. The van der Waals surface area contributed by atoms with Crippen LogP contribution in [0.4, 0.5) is 13.2 Å². The molecule has 1 aliphatic heterocycles. The van der Waals surface area contributed by atoms with Crippen molar-refractivity contribution in [3.63, 3.8) is 0 Å². The van der Waals surface area contributed by atoms with Crippen LogP contribution in [0.5, 0.6) is 5.75 Å². The third-order valence-electron chi connectivity index (χ3n) is 7.44. The number of primary amides is 1. The van der Waals surface area contributed by atoms with Crippen LogP contribution in [0.2, 0.25) is 0 Å². The number of hydrogen-bond donors (Lipinski definition) is 3. The Bertz CT molecular complexity index is 1570. The molecule has 0 spiro atoms. The number of amides is 2. The van der Waals surface area contributed by atoms with Crippen LogP contribution < -0.4 is 15.8 Å². The number of rotatable bonds is 10. The largest absolute Gasteiger partial charge is 0.489 e. The summed E-state index contributed by atoms with van der Waals surface area (Å²) in [7, 11) is 0. The number of nitrogens with zero attached hydrogens (tertiary/aromatic N) is 4. The number of alkyl halides is 3. The zero-order valence-electron chi connectivity index (χ0n) is 23.1. The summed E-state index contributed by atoms with van der Waals surface area (Å²) in [5, 5.41) is 17.4. The highest BCUT2D eigenvalue weighted by molar-refractivity contribution is 5.95. The molecule has 1 atom stereocenters. The molecule has 4 N–H and O–H groups in total. The van der Waals surface area contributed by atoms with Gasteiger partial charge in [-0.25, -0.2) is 4.52 Å². The molecule has 13 heteroatoms. The van der Waals surface area contributed by atoms with Crippen LogP contribution in [0.15, 0.2) is 79.0 Å². The smallest absolute Gasteiger partial charge is 0.435 e. The van der Waals surface area contributed by atoms with E-state index in [2.05, 4.69) is 15.3 Å². The number of halogens is 3. The van der Waals surface area contributed by atoms with E-state index in [9.17, 15) is 27.9 Å². The zero-order valence-corrected chi connectivity index (χ0v) is 23.1. The second kappa shape index (κ2) is 12.4. The minimum absolute atomic E-state index is 0.110. The summed E-state index contributed by atoms with van der Waals surface area (Å²) in [4.78, 5) is 28.9. The minimum Gasteiger partial charge on any atom is -0.489 e. The highest BCUT2D eigenvalue weighted by Gasteiger charge is 2.42. The van der Waals surface area contributed by atoms with Crippen molar-refractivity contribution in [3.8, 4) is 5.75 Å². The SMILES string of the molecule is NC(=O)C(O)(CNC(=O)c1ccc(OCc2c(C(F)(F)F)nn3ccccc23)cc1)N1CCN(Cc2ccccc2)CC1. The number of piperazine rings is 1. The van der Waals surface area contributed by atoms with Crippen molar-refractivity contribution in [2.45, 2.75) is 25.1 Å². The van der Waals surface area contributed by atoms with Gasteiger partial charge in [-0.15, -0.1) is 0 Å². The normalized spacial score (nSPS) is 16.1. The quantitative estimate of drug-likeness (QED) is 0.257. The Hall–Kier alpha value is -4.46. The number of benzene rings is 2. The van der Waals surface area contributed by atoms with Gasteiger partial charge in [0.05, 0.1) is 12.1 Å². The predicted molar refractivity (Wildman–Crippen MR) is 151 cm³/mol. The Balaban J connectivity index is 1.17. The van der Waals surface area contributed by atoms with Gasteiger partial charge in [-0.1, -0.05) is 36.4 Å². The third kappa shape index (κ3) is 6.79. The van der Waals surface area contributed by atoms with E-state index >= 15 is 0 Å². The molecule has 1 fully saturated rings. The van der Waals surface area contributed by atoms with Gasteiger partial charge >= 0.3 is 6.18 Å². The number of carbonyl (C=O) groups is 2. The summed E-state index contributed by atoms with van der Waals surface area (Å²) in [6, 6.07) is 20.4. The van der Waals surface area contributed by atoms with Crippen molar-refractivity contribution in [1.29, 1.82) is 0 Å². The molecule has 2 aromatic heterocycles. The van der Waals surface area contributed by atoms with Crippen molar-refractivity contribution in [1.82, 2.24) is 24.7 Å². The van der Waals surface area contributed by atoms with Crippen molar-refractivity contribution in [2.75, 3.05) is 32.7 Å². The number of ether oxygens (including phenoxy) is 1. The van der Waals surface area contributed by atoms with Gasteiger partial charge in [0, 0.05) is 50.0 Å². The molecule has 226 valence electrons. The Morgan fingerprint density at radius 1 is 0.953 bits per heavy atom. The molecule has 2 amide bonds. The zero-order chi connectivity index (χ0) is 30.6. The molecule has 10 nitrogen and oxygen atoms in total. The first kappa shape index (κ1) is 30.0. The van der Waals surface area contributed by atoms with Gasteiger partial charge in [0.25, 0.3) is 11.8 Å². The first-order valence-electron chi connectivity index (χ1n) is 13.6. The molecule has 2 aromatic carbocycles. The van der Waals surface area contributed by atoms with E-state index in [1.165, 1.54) is 36.5 Å². The number of pyridine rings is 1. The van der Waals surface area contributed by atoms with Crippen LogP contribution >= 0.6 is 0 Å². The first-order valence-corrected chi connectivity index (χ1v) is 13.6. The molecule has 1 aliphatic rings. The number of nitrogens with two attached hydrogens (primary N) is 1. The predicted octanol–water partition coefficient (Wildman–Crippen LogP) is 2.65. The molecule has 0 aliphatic carbocycles. The number of hydrogen-bond acceptors (Lipinski definition) is 7. The van der Waals surface area contributed by atoms with E-state index in [0.717, 1.165) is 16.6 Å². The van der Waals surface area contributed by atoms with E-state index in [1.54, 1.807) is 17.0 Å². The van der Waals surface area contributed by atoms with E-state index in [1.807, 2.05) is 30.3 Å². The van der Waals surface area contributed by atoms with Crippen LogP contribution in [-0.2, 0) is 24.1 Å². The monoisotopic (exact) mass is 596 g/mol. The van der Waals surface area contributed by atoms with Crippen LogP contribution in [-0.4, -0.2) is 74.8 Å². The van der Waals surface area contributed by atoms with Crippen molar-refractivity contribution >= 4 is 17.3 Å². The Morgan fingerprint density at radius 2 is 1.63 bits per heavy atom. The summed E-state index contributed by atoms with van der Waals surface area (Å²) in [5.41, 5.74) is 3.96. The van der Waals surface area contributed by atoms with Gasteiger partial charge in [0.1, 0.15) is 12.4 Å². The van der Waals surface area contributed by atoms with Gasteiger partial charge < -0.3 is 20.9 Å². The highest BCUT2D eigenvalue weighted by Crippen LogP contribution is 2.33. The third-order valence-corrected chi connectivity index (χ3v) is 7.44. The lowest BCUT2D eigenvalue weighted by atomic mass is 10.1. The molecule has 4 aromatic rings. The first-order chi connectivity index (χ1) is 20.5. The maximum Gasteiger partial charge on any atom is 0.435 e. The van der Waals surface area contributed by atoms with Crippen LogP contribution in [0.3, 0.4) is 0 Å². The van der Waals surface area contributed by atoms with Crippen molar-refractivity contribution < 1.29 is 32.6 Å². The number of aliphatic hydroxyl groups is 1. The fraction of sp³-hybridized carbons (Fsp3) is 0.300. The lowest BCUT2D eigenvalue weighted by Crippen LogP contribution is -2.66. The number of nitrogens with one attached hydrogen (secondary N) is 1. The van der Waals surface area contributed by atoms with E-state index in [-0.39, 0.29) is 22.4 Å². The minimum atomic E-state index is -4.66. The van der Waals surface area contributed by atoms with E-state index < -0.39 is 42.6 Å². The molecular weight excluding hydrogens is 565 g/mol. The summed E-state index contributed by atoms with van der Waals surface area (Å²) >= 11 is 0. The second-order valence-electron chi connectivity index (χ2n) is 10.3. The number of fused-ring (bicyclic) bond motifs is 1.